The van der Waals surface area contributed by atoms with Crippen LogP contribution in [-0.4, -0.2) is 11.8 Å². The number of benzene rings is 1. The van der Waals surface area contributed by atoms with E-state index in [9.17, 15) is 0 Å². The Balaban J connectivity index is 2.71. The standard InChI is InChI=1S/C17H26N2/c1-5-6-10-16(13-14-18-17(2,3)4)19-15-11-8-7-9-12-15/h7-9,11-14,19H,5-6,10H2,1-4H3/b16-13+,18-14?. The highest BCUT2D eigenvalue weighted by Crippen LogP contribution is 2.13. The zero-order valence-electron chi connectivity index (χ0n) is 12.6. The van der Waals surface area contributed by atoms with Crippen LogP contribution >= 0.6 is 0 Å². The van der Waals surface area contributed by atoms with Crippen LogP contribution in [-0.2, 0) is 0 Å². The van der Waals surface area contributed by atoms with Crippen LogP contribution in [0, 0.1) is 0 Å². The molecule has 0 unspecified atom stereocenters. The molecular formula is C17H26N2. The van der Waals surface area contributed by atoms with Crippen molar-refractivity contribution >= 4 is 11.9 Å². The summed E-state index contributed by atoms with van der Waals surface area (Å²) in [4.78, 5) is 4.50. The molecule has 0 spiro atoms. The van der Waals surface area contributed by atoms with E-state index in [1.807, 2.05) is 24.4 Å². The zero-order chi connectivity index (χ0) is 14.1. The number of anilines is 1. The first kappa shape index (κ1) is 15.5. The number of hydrogen-bond acceptors (Lipinski definition) is 2. The maximum atomic E-state index is 4.50. The number of rotatable bonds is 6. The Kier molecular flexibility index (Phi) is 6.34. The van der Waals surface area contributed by atoms with Gasteiger partial charge in [0.05, 0.1) is 5.54 Å². The molecule has 1 aromatic carbocycles. The molecule has 2 heteroatoms. The number of nitrogens with one attached hydrogen (secondary N) is 1. The Morgan fingerprint density at radius 2 is 1.89 bits per heavy atom. The average molecular weight is 258 g/mol. The molecule has 0 heterocycles. The topological polar surface area (TPSA) is 24.4 Å². The van der Waals surface area contributed by atoms with Gasteiger partial charge in [-0.3, -0.25) is 4.99 Å². The van der Waals surface area contributed by atoms with Gasteiger partial charge in [0.15, 0.2) is 0 Å². The van der Waals surface area contributed by atoms with E-state index in [1.54, 1.807) is 0 Å². The van der Waals surface area contributed by atoms with Crippen molar-refractivity contribution in [2.45, 2.75) is 52.5 Å². The van der Waals surface area contributed by atoms with Crippen LogP contribution in [0.25, 0.3) is 0 Å². The number of aliphatic imine (C=N–C) groups is 1. The third-order valence-electron chi connectivity index (χ3n) is 2.62. The van der Waals surface area contributed by atoms with E-state index in [0.717, 1.165) is 12.1 Å². The molecule has 19 heavy (non-hydrogen) atoms. The highest BCUT2D eigenvalue weighted by molar-refractivity contribution is 5.73. The molecule has 0 saturated heterocycles. The monoisotopic (exact) mass is 258 g/mol. The first-order valence-corrected chi connectivity index (χ1v) is 7.08. The lowest BCUT2D eigenvalue weighted by molar-refractivity contribution is 0.587. The van der Waals surface area contributed by atoms with E-state index in [-0.39, 0.29) is 5.54 Å². The van der Waals surface area contributed by atoms with E-state index >= 15 is 0 Å². The van der Waals surface area contributed by atoms with Gasteiger partial charge < -0.3 is 5.32 Å². The Morgan fingerprint density at radius 1 is 1.21 bits per heavy atom. The zero-order valence-corrected chi connectivity index (χ0v) is 12.6. The normalized spacial score (nSPS) is 12.9. The average Bonchev–Trinajstić information content (AvgIpc) is 2.35. The summed E-state index contributed by atoms with van der Waals surface area (Å²) < 4.78 is 0. The van der Waals surface area contributed by atoms with Crippen LogP contribution in [0.1, 0.15) is 47.0 Å². The minimum Gasteiger partial charge on any atom is -0.359 e. The van der Waals surface area contributed by atoms with Crippen molar-refractivity contribution in [3.8, 4) is 0 Å². The van der Waals surface area contributed by atoms with Gasteiger partial charge in [-0.1, -0.05) is 31.5 Å². The third-order valence-corrected chi connectivity index (χ3v) is 2.62. The fraction of sp³-hybridized carbons (Fsp3) is 0.471. The maximum Gasteiger partial charge on any atom is 0.0524 e. The summed E-state index contributed by atoms with van der Waals surface area (Å²) in [5.74, 6) is 0. The highest BCUT2D eigenvalue weighted by Gasteiger charge is 2.04. The van der Waals surface area contributed by atoms with Gasteiger partial charge in [-0.15, -0.1) is 0 Å². The highest BCUT2D eigenvalue weighted by atomic mass is 14.9. The van der Waals surface area contributed by atoms with Crippen LogP contribution in [0.3, 0.4) is 0 Å². The van der Waals surface area contributed by atoms with Crippen LogP contribution < -0.4 is 5.32 Å². The van der Waals surface area contributed by atoms with Gasteiger partial charge in [0.25, 0.3) is 0 Å². The first-order valence-electron chi connectivity index (χ1n) is 7.08. The molecule has 0 atom stereocenters. The number of nitrogens with zero attached hydrogens (tertiary/aromatic N) is 1. The van der Waals surface area contributed by atoms with Crippen molar-refractivity contribution in [3.05, 3.63) is 42.1 Å². The van der Waals surface area contributed by atoms with Gasteiger partial charge in [-0.05, 0) is 51.8 Å². The molecule has 0 saturated carbocycles. The van der Waals surface area contributed by atoms with Crippen molar-refractivity contribution in [1.29, 1.82) is 0 Å². The predicted molar refractivity (Wildman–Crippen MR) is 85.9 cm³/mol. The van der Waals surface area contributed by atoms with Crippen molar-refractivity contribution in [2.24, 2.45) is 4.99 Å². The molecule has 1 N–H and O–H groups in total. The minimum absolute atomic E-state index is 0.0148. The van der Waals surface area contributed by atoms with Gasteiger partial charge in [0, 0.05) is 17.6 Å². The molecule has 0 amide bonds. The van der Waals surface area contributed by atoms with Gasteiger partial charge in [0.1, 0.15) is 0 Å². The molecule has 0 aliphatic heterocycles. The van der Waals surface area contributed by atoms with Crippen molar-refractivity contribution in [2.75, 3.05) is 5.32 Å². The van der Waals surface area contributed by atoms with Gasteiger partial charge in [0.2, 0.25) is 0 Å². The fourth-order valence-electron chi connectivity index (χ4n) is 1.61. The lowest BCUT2D eigenvalue weighted by Crippen LogP contribution is -2.09. The summed E-state index contributed by atoms with van der Waals surface area (Å²) in [6, 6.07) is 10.3. The van der Waals surface area contributed by atoms with Crippen molar-refractivity contribution in [3.63, 3.8) is 0 Å². The Bertz CT molecular complexity index is 411. The Labute approximate surface area is 117 Å². The number of para-hydroxylation sites is 1. The first-order chi connectivity index (χ1) is 9.01. The van der Waals surface area contributed by atoms with Gasteiger partial charge >= 0.3 is 0 Å². The Morgan fingerprint density at radius 3 is 2.47 bits per heavy atom. The number of allylic oxidation sites excluding steroid dienone is 2. The molecule has 0 aliphatic rings. The molecule has 1 rings (SSSR count). The smallest absolute Gasteiger partial charge is 0.0524 e. The summed E-state index contributed by atoms with van der Waals surface area (Å²) in [5, 5.41) is 3.47. The third kappa shape index (κ3) is 7.45. The molecule has 0 aromatic heterocycles. The Hall–Kier alpha value is -1.57. The van der Waals surface area contributed by atoms with Crippen molar-refractivity contribution < 1.29 is 0 Å². The van der Waals surface area contributed by atoms with Crippen LogP contribution in [0.4, 0.5) is 5.69 Å². The number of hydrogen-bond donors (Lipinski definition) is 1. The summed E-state index contributed by atoms with van der Waals surface area (Å²) in [7, 11) is 0. The second-order valence-corrected chi connectivity index (χ2v) is 5.74. The molecule has 1 aromatic rings. The van der Waals surface area contributed by atoms with E-state index in [0.29, 0.717) is 0 Å². The fourth-order valence-corrected chi connectivity index (χ4v) is 1.61. The van der Waals surface area contributed by atoms with E-state index in [1.165, 1.54) is 18.5 Å². The van der Waals surface area contributed by atoms with Crippen LogP contribution in [0.2, 0.25) is 0 Å². The predicted octanol–water partition coefficient (Wildman–Crippen LogP) is 5.04. The van der Waals surface area contributed by atoms with Crippen LogP contribution in [0.15, 0.2) is 47.1 Å². The molecule has 104 valence electrons. The van der Waals surface area contributed by atoms with Crippen molar-refractivity contribution in [1.82, 2.24) is 0 Å². The molecule has 0 bridgehead atoms. The molecular weight excluding hydrogens is 232 g/mol. The quantitative estimate of drug-likeness (QED) is 0.710. The lowest BCUT2D eigenvalue weighted by atomic mass is 10.1. The summed E-state index contributed by atoms with van der Waals surface area (Å²) in [6.07, 6.45) is 7.45. The lowest BCUT2D eigenvalue weighted by Gasteiger charge is -2.12. The van der Waals surface area contributed by atoms with Crippen LogP contribution in [0.5, 0.6) is 0 Å². The second kappa shape index (κ2) is 7.78. The van der Waals surface area contributed by atoms with E-state index in [4.69, 9.17) is 0 Å². The summed E-state index contributed by atoms with van der Waals surface area (Å²) in [5.41, 5.74) is 2.34. The SMILES string of the molecule is CCCC/C(=C\C=NC(C)(C)C)Nc1ccccc1. The summed E-state index contributed by atoms with van der Waals surface area (Å²) in [6.45, 7) is 8.53. The number of unbranched alkanes of at least 4 members (excludes halogenated alkanes) is 1. The maximum absolute atomic E-state index is 4.50. The second-order valence-electron chi connectivity index (χ2n) is 5.74. The van der Waals surface area contributed by atoms with Gasteiger partial charge in [-0.25, -0.2) is 0 Å². The molecule has 2 nitrogen and oxygen atoms in total. The van der Waals surface area contributed by atoms with Gasteiger partial charge in [-0.2, -0.15) is 0 Å². The molecule has 0 radical (unpaired) electrons. The van der Waals surface area contributed by atoms with E-state index < -0.39 is 0 Å². The molecule has 0 aliphatic carbocycles. The largest absolute Gasteiger partial charge is 0.359 e. The minimum atomic E-state index is -0.0148. The summed E-state index contributed by atoms with van der Waals surface area (Å²) >= 11 is 0. The molecule has 0 fully saturated rings. The van der Waals surface area contributed by atoms with E-state index in [2.05, 4.69) is 56.2 Å².